The van der Waals surface area contributed by atoms with Crippen LogP contribution in [0.1, 0.15) is 46.8 Å². The zero-order valence-electron chi connectivity index (χ0n) is 17.3. The van der Waals surface area contributed by atoms with Crippen LogP contribution in [-0.2, 0) is 11.2 Å². The molecule has 1 saturated heterocycles. The van der Waals surface area contributed by atoms with Gasteiger partial charge in [-0.3, -0.25) is 9.59 Å². The molecule has 1 saturated carbocycles. The number of nitrogens with one attached hydrogen (secondary N) is 1. The van der Waals surface area contributed by atoms with E-state index in [2.05, 4.69) is 5.32 Å². The summed E-state index contributed by atoms with van der Waals surface area (Å²) in [5.41, 5.74) is 2.34. The van der Waals surface area contributed by atoms with Crippen molar-refractivity contribution >= 4 is 23.4 Å². The summed E-state index contributed by atoms with van der Waals surface area (Å²) >= 11 is 6.32. The van der Waals surface area contributed by atoms with Gasteiger partial charge in [0.15, 0.2) is 0 Å². The van der Waals surface area contributed by atoms with Gasteiger partial charge in [0.25, 0.3) is 5.91 Å². The molecule has 162 valence electrons. The minimum absolute atomic E-state index is 0.0230. The third-order valence-corrected chi connectivity index (χ3v) is 7.26. The van der Waals surface area contributed by atoms with Gasteiger partial charge < -0.3 is 20.1 Å². The molecule has 5 rings (SSSR count). The molecule has 1 spiro atoms. The summed E-state index contributed by atoms with van der Waals surface area (Å²) in [6.45, 7) is 0.543. The summed E-state index contributed by atoms with van der Waals surface area (Å²) in [5.74, 6) is 0.0526. The molecular formula is C24H25ClN2O4. The number of amides is 2. The van der Waals surface area contributed by atoms with Gasteiger partial charge in [-0.15, -0.1) is 0 Å². The Morgan fingerprint density at radius 1 is 1.23 bits per heavy atom. The van der Waals surface area contributed by atoms with E-state index in [9.17, 15) is 14.7 Å². The van der Waals surface area contributed by atoms with Gasteiger partial charge >= 0.3 is 0 Å². The number of ether oxygens (including phenoxy) is 1. The van der Waals surface area contributed by atoms with E-state index < -0.39 is 18.2 Å². The highest BCUT2D eigenvalue weighted by Crippen LogP contribution is 2.55. The Morgan fingerprint density at radius 3 is 2.74 bits per heavy atom. The zero-order valence-corrected chi connectivity index (χ0v) is 18.1. The van der Waals surface area contributed by atoms with Gasteiger partial charge in [-0.1, -0.05) is 35.9 Å². The minimum Gasteiger partial charge on any atom is -0.497 e. The van der Waals surface area contributed by atoms with Gasteiger partial charge in [-0.2, -0.15) is 0 Å². The van der Waals surface area contributed by atoms with E-state index in [1.54, 1.807) is 23.1 Å². The van der Waals surface area contributed by atoms with Crippen molar-refractivity contribution in [1.29, 1.82) is 0 Å². The van der Waals surface area contributed by atoms with Crippen molar-refractivity contribution in [2.75, 3.05) is 13.7 Å². The number of halogens is 1. The Balaban J connectivity index is 1.40. The lowest BCUT2D eigenvalue weighted by Crippen LogP contribution is -2.48. The van der Waals surface area contributed by atoms with Crippen molar-refractivity contribution in [3.63, 3.8) is 0 Å². The van der Waals surface area contributed by atoms with Crippen molar-refractivity contribution in [1.82, 2.24) is 10.2 Å². The summed E-state index contributed by atoms with van der Waals surface area (Å²) in [6.07, 6.45) is 2.51. The van der Waals surface area contributed by atoms with E-state index in [0.29, 0.717) is 35.7 Å². The van der Waals surface area contributed by atoms with Crippen molar-refractivity contribution < 1.29 is 19.4 Å². The number of hydrogen-bond acceptors (Lipinski definition) is 4. The molecule has 1 heterocycles. The first kappa shape index (κ1) is 20.3. The molecule has 2 aromatic carbocycles. The standard InChI is InChI=1S/C24H25ClN2O4/c1-31-15-6-7-18(25)17(11-15)23(30)27-13-24(8-9-24)12-19(27)22(29)26-21-16-5-3-2-4-14(16)10-20(21)28/h2-7,11,19-21,28H,8-10,12-13H2,1H3,(H,26,29)/t19-,20-,21+/m1/s1. The lowest BCUT2D eigenvalue weighted by molar-refractivity contribution is -0.126. The molecule has 2 fully saturated rings. The number of methoxy groups -OCH3 is 1. The SMILES string of the molecule is COc1ccc(Cl)c(C(=O)N2CC3(CC3)C[C@@H]2C(=O)N[C@H]2c3ccccc3C[C@H]2O)c1. The van der Waals surface area contributed by atoms with Gasteiger partial charge in [-0.25, -0.2) is 0 Å². The summed E-state index contributed by atoms with van der Waals surface area (Å²) < 4.78 is 5.25. The third kappa shape index (κ3) is 3.58. The van der Waals surface area contributed by atoms with Crippen LogP contribution in [0.5, 0.6) is 5.75 Å². The number of benzene rings is 2. The maximum atomic E-state index is 13.4. The monoisotopic (exact) mass is 440 g/mol. The Morgan fingerprint density at radius 2 is 2.00 bits per heavy atom. The molecule has 2 amide bonds. The number of hydrogen-bond donors (Lipinski definition) is 2. The minimum atomic E-state index is -0.672. The highest BCUT2D eigenvalue weighted by molar-refractivity contribution is 6.34. The molecule has 6 nitrogen and oxygen atoms in total. The molecular weight excluding hydrogens is 416 g/mol. The smallest absolute Gasteiger partial charge is 0.256 e. The predicted molar refractivity (Wildman–Crippen MR) is 116 cm³/mol. The van der Waals surface area contributed by atoms with E-state index in [4.69, 9.17) is 16.3 Å². The maximum Gasteiger partial charge on any atom is 0.256 e. The van der Waals surface area contributed by atoms with E-state index in [-0.39, 0.29) is 17.2 Å². The highest BCUT2D eigenvalue weighted by Gasteiger charge is 2.55. The van der Waals surface area contributed by atoms with E-state index in [1.807, 2.05) is 24.3 Å². The maximum absolute atomic E-state index is 13.4. The molecule has 1 aliphatic heterocycles. The summed E-state index contributed by atoms with van der Waals surface area (Å²) in [4.78, 5) is 28.4. The van der Waals surface area contributed by atoms with Crippen LogP contribution < -0.4 is 10.1 Å². The summed E-state index contributed by atoms with van der Waals surface area (Å²) in [5, 5.41) is 13.9. The molecule has 2 aliphatic carbocycles. The molecule has 3 atom stereocenters. The number of aliphatic hydroxyl groups is 1. The van der Waals surface area contributed by atoms with Gasteiger partial charge in [0, 0.05) is 13.0 Å². The molecule has 31 heavy (non-hydrogen) atoms. The second-order valence-corrected chi connectivity index (χ2v) is 9.36. The van der Waals surface area contributed by atoms with E-state index >= 15 is 0 Å². The second-order valence-electron chi connectivity index (χ2n) is 8.96. The number of aliphatic hydroxyl groups excluding tert-OH is 1. The number of carbonyl (C=O) groups is 2. The van der Waals surface area contributed by atoms with Crippen LogP contribution in [0.2, 0.25) is 5.02 Å². The Hall–Kier alpha value is -2.57. The van der Waals surface area contributed by atoms with Gasteiger partial charge in [0.05, 0.1) is 29.8 Å². The van der Waals surface area contributed by atoms with Crippen LogP contribution in [0.4, 0.5) is 0 Å². The average Bonchev–Trinajstić information content (AvgIpc) is 3.30. The Labute approximate surface area is 186 Å². The number of rotatable bonds is 4. The quantitative estimate of drug-likeness (QED) is 0.765. The highest BCUT2D eigenvalue weighted by atomic mass is 35.5. The lowest BCUT2D eigenvalue weighted by atomic mass is 10.0. The molecule has 7 heteroatoms. The van der Waals surface area contributed by atoms with Crippen molar-refractivity contribution in [2.24, 2.45) is 5.41 Å². The van der Waals surface area contributed by atoms with Gasteiger partial charge in [0.2, 0.25) is 5.91 Å². The molecule has 0 aromatic heterocycles. The van der Waals surface area contributed by atoms with Crippen LogP contribution in [-0.4, -0.2) is 47.6 Å². The number of carbonyl (C=O) groups excluding carboxylic acids is 2. The zero-order chi connectivity index (χ0) is 21.8. The van der Waals surface area contributed by atoms with E-state index in [1.165, 1.54) is 7.11 Å². The fourth-order valence-electron chi connectivity index (χ4n) is 4.99. The molecule has 3 aliphatic rings. The number of likely N-dealkylation sites (tertiary alicyclic amines) is 1. The topological polar surface area (TPSA) is 78.9 Å². The fraction of sp³-hybridized carbons (Fsp3) is 0.417. The molecule has 0 bridgehead atoms. The average molecular weight is 441 g/mol. The normalized spacial score (nSPS) is 25.4. The summed E-state index contributed by atoms with van der Waals surface area (Å²) in [6, 6.07) is 11.7. The van der Waals surface area contributed by atoms with Crippen molar-refractivity contribution in [2.45, 2.75) is 43.9 Å². The van der Waals surface area contributed by atoms with E-state index in [0.717, 1.165) is 24.0 Å². The van der Waals surface area contributed by atoms with Crippen LogP contribution in [0.25, 0.3) is 0 Å². The number of fused-ring (bicyclic) bond motifs is 1. The first-order valence-corrected chi connectivity index (χ1v) is 11.0. The van der Waals surface area contributed by atoms with Gasteiger partial charge in [0.1, 0.15) is 11.8 Å². The van der Waals surface area contributed by atoms with Gasteiger partial charge in [-0.05, 0) is 54.0 Å². The Bertz CT molecular complexity index is 1050. The van der Waals surface area contributed by atoms with Crippen LogP contribution >= 0.6 is 11.6 Å². The van der Waals surface area contributed by atoms with Crippen LogP contribution in [0, 0.1) is 5.41 Å². The number of nitrogens with zero attached hydrogens (tertiary/aromatic N) is 1. The summed E-state index contributed by atoms with van der Waals surface area (Å²) in [7, 11) is 1.54. The largest absolute Gasteiger partial charge is 0.497 e. The predicted octanol–water partition coefficient (Wildman–Crippen LogP) is 3.12. The Kier molecular flexibility index (Phi) is 4.94. The molecule has 0 unspecified atom stereocenters. The molecule has 0 radical (unpaired) electrons. The first-order valence-electron chi connectivity index (χ1n) is 10.6. The second kappa shape index (κ2) is 7.53. The van der Waals surface area contributed by atoms with Crippen LogP contribution in [0.3, 0.4) is 0 Å². The third-order valence-electron chi connectivity index (χ3n) is 6.93. The fourth-order valence-corrected chi connectivity index (χ4v) is 5.19. The van der Waals surface area contributed by atoms with Crippen LogP contribution in [0.15, 0.2) is 42.5 Å². The molecule has 2 N–H and O–H groups in total. The first-order chi connectivity index (χ1) is 14.9. The van der Waals surface area contributed by atoms with Crippen molar-refractivity contribution in [3.05, 3.63) is 64.2 Å². The lowest BCUT2D eigenvalue weighted by Gasteiger charge is -2.27. The van der Waals surface area contributed by atoms with Crippen molar-refractivity contribution in [3.8, 4) is 5.75 Å². The molecule has 2 aromatic rings.